The fraction of sp³-hybridized carbons (Fsp3) is 0.588. The number of methoxy groups -OCH3 is 1. The Kier molecular flexibility index (Phi) is 5.61. The molecule has 26 heavy (non-hydrogen) atoms. The maximum atomic E-state index is 13.0. The smallest absolute Gasteiger partial charge is 0.254 e. The summed E-state index contributed by atoms with van der Waals surface area (Å²) in [6.45, 7) is 2.50. The Bertz CT molecular complexity index is 740. The van der Waals surface area contributed by atoms with Crippen LogP contribution in [0.3, 0.4) is 0 Å². The number of nitrogens with one attached hydrogen (secondary N) is 1. The summed E-state index contributed by atoms with van der Waals surface area (Å²) >= 11 is 0. The van der Waals surface area contributed by atoms with E-state index in [2.05, 4.69) is 5.32 Å². The van der Waals surface area contributed by atoms with Crippen LogP contribution in [0.2, 0.25) is 0 Å². The van der Waals surface area contributed by atoms with Crippen LogP contribution in [-0.2, 0) is 19.6 Å². The molecule has 0 unspecified atom stereocenters. The maximum Gasteiger partial charge on any atom is 0.254 e. The molecule has 0 aliphatic carbocycles. The summed E-state index contributed by atoms with van der Waals surface area (Å²) in [5.74, 6) is -0.550. The molecule has 0 spiro atoms. The minimum Gasteiger partial charge on any atom is -0.368 e. The number of piperazine rings is 1. The first-order valence-corrected chi connectivity index (χ1v) is 10.1. The second-order valence-corrected chi connectivity index (χ2v) is 8.54. The van der Waals surface area contributed by atoms with Crippen molar-refractivity contribution in [3.8, 4) is 0 Å². The molecule has 1 amide bonds. The SMILES string of the molecule is COC1(C(=O)N2CCN(S(=O)(=O)c3ccc(F)cc3)CC2)CCNCC1. The third-order valence-corrected chi connectivity index (χ3v) is 7.08. The van der Waals surface area contributed by atoms with Crippen LogP contribution in [-0.4, -0.2) is 75.5 Å². The summed E-state index contributed by atoms with van der Waals surface area (Å²) < 4.78 is 45.3. The van der Waals surface area contributed by atoms with E-state index in [0.717, 1.165) is 25.2 Å². The molecule has 7 nitrogen and oxygen atoms in total. The van der Waals surface area contributed by atoms with Gasteiger partial charge in [-0.1, -0.05) is 0 Å². The minimum atomic E-state index is -3.69. The molecule has 1 aromatic carbocycles. The highest BCUT2D eigenvalue weighted by molar-refractivity contribution is 7.89. The normalized spacial score (nSPS) is 21.5. The Hall–Kier alpha value is -1.55. The largest absolute Gasteiger partial charge is 0.368 e. The van der Waals surface area contributed by atoms with Gasteiger partial charge in [0.15, 0.2) is 0 Å². The van der Waals surface area contributed by atoms with Crippen LogP contribution in [0.1, 0.15) is 12.8 Å². The maximum absolute atomic E-state index is 13.0. The number of benzene rings is 1. The quantitative estimate of drug-likeness (QED) is 0.813. The first-order chi connectivity index (χ1) is 12.4. The van der Waals surface area contributed by atoms with Crippen LogP contribution < -0.4 is 5.32 Å². The summed E-state index contributed by atoms with van der Waals surface area (Å²) in [4.78, 5) is 14.7. The highest BCUT2D eigenvalue weighted by Crippen LogP contribution is 2.26. The number of ether oxygens (including phenoxy) is 1. The van der Waals surface area contributed by atoms with E-state index in [9.17, 15) is 17.6 Å². The lowest BCUT2D eigenvalue weighted by Crippen LogP contribution is -2.59. The second kappa shape index (κ2) is 7.59. The van der Waals surface area contributed by atoms with Crippen LogP contribution in [0.5, 0.6) is 0 Å². The number of sulfonamides is 1. The summed E-state index contributed by atoms with van der Waals surface area (Å²) in [5, 5.41) is 3.22. The Morgan fingerprint density at radius 1 is 1.12 bits per heavy atom. The monoisotopic (exact) mass is 385 g/mol. The molecule has 0 aromatic heterocycles. The third-order valence-electron chi connectivity index (χ3n) is 5.17. The number of halogens is 1. The van der Waals surface area contributed by atoms with Crippen molar-refractivity contribution in [1.29, 1.82) is 0 Å². The molecule has 144 valence electrons. The van der Waals surface area contributed by atoms with Crippen molar-refractivity contribution in [2.24, 2.45) is 0 Å². The molecular weight excluding hydrogens is 361 g/mol. The molecule has 2 aliphatic rings. The van der Waals surface area contributed by atoms with E-state index >= 15 is 0 Å². The lowest BCUT2D eigenvalue weighted by atomic mass is 9.90. The molecular formula is C17H24FN3O4S. The van der Waals surface area contributed by atoms with Gasteiger partial charge in [-0.3, -0.25) is 4.79 Å². The predicted molar refractivity (Wildman–Crippen MR) is 93.6 cm³/mol. The van der Waals surface area contributed by atoms with Gasteiger partial charge in [0.25, 0.3) is 5.91 Å². The molecule has 1 N–H and O–H groups in total. The van der Waals surface area contributed by atoms with Crippen molar-refractivity contribution in [3.63, 3.8) is 0 Å². The first-order valence-electron chi connectivity index (χ1n) is 8.70. The fourth-order valence-electron chi connectivity index (χ4n) is 3.51. The van der Waals surface area contributed by atoms with E-state index in [1.807, 2.05) is 0 Å². The molecule has 0 bridgehead atoms. The molecule has 3 rings (SSSR count). The number of rotatable bonds is 4. The van der Waals surface area contributed by atoms with Gasteiger partial charge in [-0.05, 0) is 50.2 Å². The number of amides is 1. The van der Waals surface area contributed by atoms with E-state index in [0.29, 0.717) is 25.9 Å². The number of hydrogen-bond acceptors (Lipinski definition) is 5. The molecule has 9 heteroatoms. The van der Waals surface area contributed by atoms with Crippen LogP contribution in [0.25, 0.3) is 0 Å². The number of piperidine rings is 1. The molecule has 1 aromatic rings. The van der Waals surface area contributed by atoms with Crippen molar-refractivity contribution in [2.45, 2.75) is 23.3 Å². The zero-order chi connectivity index (χ0) is 18.8. The van der Waals surface area contributed by atoms with Gasteiger partial charge < -0.3 is 15.0 Å². The molecule has 2 fully saturated rings. The Morgan fingerprint density at radius 3 is 2.23 bits per heavy atom. The topological polar surface area (TPSA) is 79.0 Å². The van der Waals surface area contributed by atoms with E-state index in [4.69, 9.17) is 4.74 Å². The number of carbonyl (C=O) groups is 1. The minimum absolute atomic E-state index is 0.0605. The summed E-state index contributed by atoms with van der Waals surface area (Å²) in [6.07, 6.45) is 1.22. The van der Waals surface area contributed by atoms with Crippen LogP contribution >= 0.6 is 0 Å². The zero-order valence-electron chi connectivity index (χ0n) is 14.8. The van der Waals surface area contributed by atoms with Crippen molar-refractivity contribution < 1.29 is 22.3 Å². The molecule has 0 radical (unpaired) electrons. The molecule has 0 atom stereocenters. The van der Waals surface area contributed by atoms with Gasteiger partial charge in [0, 0.05) is 33.3 Å². The van der Waals surface area contributed by atoms with Crippen molar-refractivity contribution in [2.75, 3.05) is 46.4 Å². The first kappa shape index (κ1) is 19.2. The van der Waals surface area contributed by atoms with Crippen molar-refractivity contribution in [3.05, 3.63) is 30.1 Å². The highest BCUT2D eigenvalue weighted by atomic mass is 32.2. The molecule has 2 aliphatic heterocycles. The van der Waals surface area contributed by atoms with Crippen LogP contribution in [0.4, 0.5) is 4.39 Å². The van der Waals surface area contributed by atoms with Gasteiger partial charge >= 0.3 is 0 Å². The average Bonchev–Trinajstić information content (AvgIpc) is 2.68. The van der Waals surface area contributed by atoms with Gasteiger partial charge in [-0.25, -0.2) is 12.8 Å². The van der Waals surface area contributed by atoms with E-state index < -0.39 is 21.4 Å². The fourth-order valence-corrected chi connectivity index (χ4v) is 4.93. The second-order valence-electron chi connectivity index (χ2n) is 6.60. The standard InChI is InChI=1S/C17H24FN3O4S/c1-25-17(6-8-19-9-7-17)16(22)20-10-12-21(13-11-20)26(23,24)15-4-2-14(18)3-5-15/h2-5,19H,6-13H2,1H3. The van der Waals surface area contributed by atoms with Crippen LogP contribution in [0, 0.1) is 5.82 Å². The Balaban J connectivity index is 1.67. The zero-order valence-corrected chi connectivity index (χ0v) is 15.6. The number of carbonyl (C=O) groups excluding carboxylic acids is 1. The van der Waals surface area contributed by atoms with Gasteiger partial charge in [0.2, 0.25) is 10.0 Å². The van der Waals surface area contributed by atoms with E-state index in [1.165, 1.54) is 16.4 Å². The van der Waals surface area contributed by atoms with Gasteiger partial charge in [-0.15, -0.1) is 0 Å². The lowest BCUT2D eigenvalue weighted by Gasteiger charge is -2.41. The molecule has 2 heterocycles. The number of nitrogens with zero attached hydrogens (tertiary/aromatic N) is 2. The Morgan fingerprint density at radius 2 is 1.69 bits per heavy atom. The van der Waals surface area contributed by atoms with Gasteiger partial charge in [0.05, 0.1) is 4.90 Å². The van der Waals surface area contributed by atoms with Crippen molar-refractivity contribution >= 4 is 15.9 Å². The third kappa shape index (κ3) is 3.62. The van der Waals surface area contributed by atoms with Gasteiger partial charge in [0.1, 0.15) is 11.4 Å². The lowest BCUT2D eigenvalue weighted by molar-refractivity contribution is -0.159. The molecule has 0 saturated carbocycles. The van der Waals surface area contributed by atoms with Crippen LogP contribution in [0.15, 0.2) is 29.2 Å². The van der Waals surface area contributed by atoms with Crippen molar-refractivity contribution in [1.82, 2.24) is 14.5 Å². The van der Waals surface area contributed by atoms with Gasteiger partial charge in [-0.2, -0.15) is 4.31 Å². The van der Waals surface area contributed by atoms with E-state index in [1.54, 1.807) is 12.0 Å². The Labute approximate surface area is 153 Å². The highest BCUT2D eigenvalue weighted by Gasteiger charge is 2.43. The number of hydrogen-bond donors (Lipinski definition) is 1. The summed E-state index contributed by atoms with van der Waals surface area (Å²) in [6, 6.07) is 4.78. The predicted octanol–water partition coefficient (Wildman–Crippen LogP) is 0.427. The summed E-state index contributed by atoms with van der Waals surface area (Å²) in [7, 11) is -2.13. The average molecular weight is 385 g/mol. The molecule has 2 saturated heterocycles. The summed E-state index contributed by atoms with van der Waals surface area (Å²) in [5.41, 5.74) is -0.816. The van der Waals surface area contributed by atoms with E-state index in [-0.39, 0.29) is 23.9 Å².